The molecule has 2 aromatic rings. The Morgan fingerprint density at radius 2 is 1.93 bits per heavy atom. The Bertz CT molecular complexity index is 894. The maximum atomic E-state index is 11.3. The van der Waals surface area contributed by atoms with E-state index in [2.05, 4.69) is 47.5 Å². The topological polar surface area (TPSA) is 65.4 Å². The summed E-state index contributed by atoms with van der Waals surface area (Å²) in [5.41, 5.74) is 4.14. The molecule has 0 aliphatic carbocycles. The van der Waals surface area contributed by atoms with Crippen LogP contribution in [-0.2, 0) is 4.79 Å². The van der Waals surface area contributed by atoms with E-state index in [1.165, 1.54) is 5.56 Å². The molecular weight excluding hydrogens is 374 g/mol. The van der Waals surface area contributed by atoms with E-state index in [1.54, 1.807) is 6.92 Å². The third kappa shape index (κ3) is 5.33. The number of hydrogen-bond donors (Lipinski definition) is 1. The van der Waals surface area contributed by atoms with Gasteiger partial charge in [-0.2, -0.15) is 5.26 Å². The van der Waals surface area contributed by atoms with Crippen LogP contribution in [-0.4, -0.2) is 25.6 Å². The molecule has 1 unspecified atom stereocenters. The molecule has 0 bridgehead atoms. The molecule has 0 saturated carbocycles. The Hall–Kier alpha value is -3.00. The molecule has 158 valence electrons. The summed E-state index contributed by atoms with van der Waals surface area (Å²) in [6, 6.07) is 16.8. The first-order valence-electron chi connectivity index (χ1n) is 10.8. The maximum absolute atomic E-state index is 11.3. The highest BCUT2D eigenvalue weighted by Gasteiger charge is 2.23. The number of piperidine rings is 1. The molecule has 1 heterocycles. The lowest BCUT2D eigenvalue weighted by atomic mass is 9.88. The highest BCUT2D eigenvalue weighted by atomic mass is 16.5. The van der Waals surface area contributed by atoms with Gasteiger partial charge in [0.25, 0.3) is 0 Å². The summed E-state index contributed by atoms with van der Waals surface area (Å²) in [5, 5.41) is 12.5. The van der Waals surface area contributed by atoms with Crippen LogP contribution in [0.2, 0.25) is 0 Å². The molecular formula is C25H31N3O2. The van der Waals surface area contributed by atoms with E-state index < -0.39 is 0 Å². The number of amides is 1. The van der Waals surface area contributed by atoms with Gasteiger partial charge in [-0.15, -0.1) is 0 Å². The molecule has 1 N–H and O–H groups in total. The smallest absolute Gasteiger partial charge is 0.217 e. The van der Waals surface area contributed by atoms with Crippen molar-refractivity contribution in [2.45, 2.75) is 52.0 Å². The fraction of sp³-hybridized carbons (Fsp3) is 0.440. The molecule has 1 fully saturated rings. The second-order valence-corrected chi connectivity index (χ2v) is 7.99. The molecule has 0 spiro atoms. The monoisotopic (exact) mass is 405 g/mol. The minimum Gasteiger partial charge on any atom is -0.494 e. The predicted molar refractivity (Wildman–Crippen MR) is 120 cm³/mol. The van der Waals surface area contributed by atoms with Gasteiger partial charge in [-0.3, -0.25) is 4.79 Å². The van der Waals surface area contributed by atoms with Crippen molar-refractivity contribution in [2.24, 2.45) is 0 Å². The van der Waals surface area contributed by atoms with Gasteiger partial charge in [-0.25, -0.2) is 0 Å². The zero-order valence-corrected chi connectivity index (χ0v) is 18.1. The number of nitrogens with zero attached hydrogens (tertiary/aromatic N) is 2. The van der Waals surface area contributed by atoms with E-state index >= 15 is 0 Å². The van der Waals surface area contributed by atoms with Gasteiger partial charge in [0, 0.05) is 20.0 Å². The van der Waals surface area contributed by atoms with E-state index in [0.717, 1.165) is 49.4 Å². The number of carbonyl (C=O) groups excluding carboxylic acids is 1. The van der Waals surface area contributed by atoms with Crippen LogP contribution in [0.3, 0.4) is 0 Å². The Labute approximate surface area is 179 Å². The van der Waals surface area contributed by atoms with Crippen LogP contribution in [0, 0.1) is 11.3 Å². The van der Waals surface area contributed by atoms with E-state index in [4.69, 9.17) is 4.74 Å². The number of ether oxygens (including phenoxy) is 1. The number of hydrogen-bond acceptors (Lipinski definition) is 4. The quantitative estimate of drug-likeness (QED) is 0.709. The molecule has 1 saturated heterocycles. The summed E-state index contributed by atoms with van der Waals surface area (Å²) in [5.74, 6) is 1.27. The van der Waals surface area contributed by atoms with Gasteiger partial charge >= 0.3 is 0 Å². The fourth-order valence-electron chi connectivity index (χ4n) is 4.09. The zero-order chi connectivity index (χ0) is 21.5. The largest absolute Gasteiger partial charge is 0.494 e. The highest BCUT2D eigenvalue weighted by molar-refractivity contribution is 5.73. The summed E-state index contributed by atoms with van der Waals surface area (Å²) in [4.78, 5) is 13.6. The van der Waals surface area contributed by atoms with Gasteiger partial charge in [-0.1, -0.05) is 31.2 Å². The molecule has 1 aliphatic rings. The summed E-state index contributed by atoms with van der Waals surface area (Å²) in [7, 11) is 0. The van der Waals surface area contributed by atoms with Gasteiger partial charge in [0.2, 0.25) is 5.91 Å². The molecule has 5 nitrogen and oxygen atoms in total. The van der Waals surface area contributed by atoms with Crippen molar-refractivity contribution in [3.63, 3.8) is 0 Å². The van der Waals surface area contributed by atoms with Gasteiger partial charge in [0.05, 0.1) is 23.9 Å². The van der Waals surface area contributed by atoms with Crippen molar-refractivity contribution in [3.8, 4) is 11.8 Å². The number of nitriles is 1. The SMILES string of the molecule is CCCOc1ccc(N2CCC(c3ccc(C(C)NC(C)=O)cc3)CC2)c(C#N)c1. The molecule has 30 heavy (non-hydrogen) atoms. The Morgan fingerprint density at radius 3 is 2.53 bits per heavy atom. The van der Waals surface area contributed by atoms with Crippen molar-refractivity contribution in [2.75, 3.05) is 24.6 Å². The average molecular weight is 406 g/mol. The Morgan fingerprint density at radius 1 is 1.23 bits per heavy atom. The molecule has 5 heteroatoms. The van der Waals surface area contributed by atoms with Crippen molar-refractivity contribution in [1.29, 1.82) is 5.26 Å². The number of rotatable bonds is 7. The summed E-state index contributed by atoms with van der Waals surface area (Å²) in [6.07, 6.45) is 3.06. The second-order valence-electron chi connectivity index (χ2n) is 7.99. The van der Waals surface area contributed by atoms with E-state index in [9.17, 15) is 10.1 Å². The normalized spacial score (nSPS) is 15.3. The second kappa shape index (κ2) is 10.2. The van der Waals surface area contributed by atoms with Crippen LogP contribution < -0.4 is 15.0 Å². The summed E-state index contributed by atoms with van der Waals surface area (Å²) < 4.78 is 5.67. The Balaban J connectivity index is 1.62. The van der Waals surface area contributed by atoms with E-state index in [1.807, 2.05) is 25.1 Å². The van der Waals surface area contributed by atoms with Gasteiger partial charge in [0.1, 0.15) is 11.8 Å². The van der Waals surface area contributed by atoms with Crippen LogP contribution in [0.15, 0.2) is 42.5 Å². The summed E-state index contributed by atoms with van der Waals surface area (Å²) >= 11 is 0. The lowest BCUT2D eigenvalue weighted by Crippen LogP contribution is -2.33. The first kappa shape index (κ1) is 21.7. The minimum atomic E-state index is -0.0133. The van der Waals surface area contributed by atoms with Crippen LogP contribution in [0.4, 0.5) is 5.69 Å². The first-order valence-corrected chi connectivity index (χ1v) is 10.8. The highest BCUT2D eigenvalue weighted by Crippen LogP contribution is 2.33. The molecule has 0 aromatic heterocycles. The molecule has 1 amide bonds. The average Bonchev–Trinajstić information content (AvgIpc) is 2.77. The van der Waals surface area contributed by atoms with Crippen molar-refractivity contribution in [3.05, 3.63) is 59.2 Å². The van der Waals surface area contributed by atoms with Crippen molar-refractivity contribution < 1.29 is 9.53 Å². The van der Waals surface area contributed by atoms with Gasteiger partial charge < -0.3 is 15.0 Å². The van der Waals surface area contributed by atoms with Crippen molar-refractivity contribution >= 4 is 11.6 Å². The standard InChI is InChI=1S/C25H31N3O2/c1-4-15-30-24-9-10-25(23(16-24)17-26)28-13-11-22(12-14-28)21-7-5-20(6-8-21)18(2)27-19(3)29/h5-10,16,18,22H,4,11-15H2,1-3H3,(H,27,29). The van der Waals surface area contributed by atoms with Gasteiger partial charge in [0.15, 0.2) is 0 Å². The zero-order valence-electron chi connectivity index (χ0n) is 18.1. The molecule has 1 atom stereocenters. The van der Waals surface area contributed by atoms with Crippen LogP contribution in [0.25, 0.3) is 0 Å². The van der Waals surface area contributed by atoms with E-state index in [-0.39, 0.29) is 11.9 Å². The molecule has 2 aromatic carbocycles. The molecule has 1 aliphatic heterocycles. The lowest BCUT2D eigenvalue weighted by molar-refractivity contribution is -0.119. The third-order valence-corrected chi connectivity index (χ3v) is 5.72. The maximum Gasteiger partial charge on any atom is 0.217 e. The summed E-state index contributed by atoms with van der Waals surface area (Å²) in [6.45, 7) is 8.14. The lowest BCUT2D eigenvalue weighted by Gasteiger charge is -2.34. The number of nitrogens with one attached hydrogen (secondary N) is 1. The first-order chi connectivity index (χ1) is 14.5. The predicted octanol–water partition coefficient (Wildman–Crippen LogP) is 4.93. The molecule has 3 rings (SSSR count). The fourth-order valence-corrected chi connectivity index (χ4v) is 4.09. The Kier molecular flexibility index (Phi) is 7.35. The van der Waals surface area contributed by atoms with Crippen LogP contribution >= 0.6 is 0 Å². The number of anilines is 1. The van der Waals surface area contributed by atoms with Crippen LogP contribution in [0.5, 0.6) is 5.75 Å². The van der Waals surface area contributed by atoms with Crippen LogP contribution in [0.1, 0.15) is 68.7 Å². The van der Waals surface area contributed by atoms with Gasteiger partial charge in [-0.05, 0) is 61.4 Å². The minimum absolute atomic E-state index is 0.0133. The van der Waals surface area contributed by atoms with Crippen molar-refractivity contribution in [1.82, 2.24) is 5.32 Å². The molecule has 0 radical (unpaired) electrons. The third-order valence-electron chi connectivity index (χ3n) is 5.72. The number of carbonyl (C=O) groups is 1. The number of benzene rings is 2. The van der Waals surface area contributed by atoms with E-state index in [0.29, 0.717) is 18.1 Å².